The molecule has 0 fully saturated rings. The lowest BCUT2D eigenvalue weighted by atomic mass is 10.1. The standard InChI is InChI=1S/C19H19BrFNO5/c1-11(14-9-13(25-2)5-7-17(14)26-3)22-18(23)10-27-19(24)15-8-12(21)4-6-16(15)20/h4-9,11H,10H2,1-3H3,(H,22,23). The minimum atomic E-state index is -0.803. The number of methoxy groups -OCH3 is 2. The molecule has 1 unspecified atom stereocenters. The van der Waals surface area contributed by atoms with Gasteiger partial charge in [0.15, 0.2) is 6.61 Å². The first-order valence-electron chi connectivity index (χ1n) is 7.99. The Morgan fingerprint density at radius 1 is 1.15 bits per heavy atom. The van der Waals surface area contributed by atoms with E-state index in [4.69, 9.17) is 14.2 Å². The number of hydrogen-bond donors (Lipinski definition) is 1. The van der Waals surface area contributed by atoms with E-state index in [1.807, 2.05) is 0 Å². The van der Waals surface area contributed by atoms with Crippen LogP contribution in [0.25, 0.3) is 0 Å². The highest BCUT2D eigenvalue weighted by molar-refractivity contribution is 9.10. The van der Waals surface area contributed by atoms with Crippen molar-refractivity contribution in [3.05, 3.63) is 57.8 Å². The van der Waals surface area contributed by atoms with Crippen molar-refractivity contribution in [3.63, 3.8) is 0 Å². The zero-order valence-electron chi connectivity index (χ0n) is 15.0. The van der Waals surface area contributed by atoms with Gasteiger partial charge in [0.25, 0.3) is 5.91 Å². The van der Waals surface area contributed by atoms with E-state index in [0.717, 1.165) is 6.07 Å². The molecule has 0 aromatic heterocycles. The third-order valence-corrected chi connectivity index (χ3v) is 4.46. The van der Waals surface area contributed by atoms with Crippen molar-refractivity contribution in [3.8, 4) is 11.5 Å². The molecular formula is C19H19BrFNO5. The summed E-state index contributed by atoms with van der Waals surface area (Å²) in [6.07, 6.45) is 0. The van der Waals surface area contributed by atoms with Crippen LogP contribution in [0.15, 0.2) is 40.9 Å². The van der Waals surface area contributed by atoms with Crippen molar-refractivity contribution in [2.45, 2.75) is 13.0 Å². The number of ether oxygens (including phenoxy) is 3. The van der Waals surface area contributed by atoms with Crippen LogP contribution in [0.2, 0.25) is 0 Å². The molecule has 1 N–H and O–H groups in total. The van der Waals surface area contributed by atoms with E-state index >= 15 is 0 Å². The van der Waals surface area contributed by atoms with Crippen LogP contribution < -0.4 is 14.8 Å². The molecule has 0 aliphatic carbocycles. The largest absolute Gasteiger partial charge is 0.497 e. The fourth-order valence-electron chi connectivity index (χ4n) is 2.40. The number of carbonyl (C=O) groups is 2. The average molecular weight is 440 g/mol. The molecule has 1 atom stereocenters. The Bertz CT molecular complexity index is 843. The molecule has 0 saturated carbocycles. The molecule has 0 radical (unpaired) electrons. The summed E-state index contributed by atoms with van der Waals surface area (Å²) in [5, 5.41) is 2.72. The number of rotatable bonds is 7. The minimum absolute atomic E-state index is 0.00492. The Labute approximate surface area is 164 Å². The maximum Gasteiger partial charge on any atom is 0.339 e. The smallest absolute Gasteiger partial charge is 0.339 e. The zero-order chi connectivity index (χ0) is 20.0. The van der Waals surface area contributed by atoms with E-state index in [-0.39, 0.29) is 5.56 Å². The number of halogens is 2. The zero-order valence-corrected chi connectivity index (χ0v) is 16.6. The molecule has 1 amide bonds. The van der Waals surface area contributed by atoms with Crippen molar-refractivity contribution in [2.75, 3.05) is 20.8 Å². The highest BCUT2D eigenvalue weighted by Gasteiger charge is 2.18. The molecule has 144 valence electrons. The molecule has 0 aliphatic rings. The fraction of sp³-hybridized carbons (Fsp3) is 0.263. The van der Waals surface area contributed by atoms with Gasteiger partial charge in [0.2, 0.25) is 0 Å². The molecule has 2 aromatic carbocycles. The van der Waals surface area contributed by atoms with Crippen molar-refractivity contribution in [2.24, 2.45) is 0 Å². The highest BCUT2D eigenvalue weighted by atomic mass is 79.9. The Morgan fingerprint density at radius 3 is 2.56 bits per heavy atom. The number of benzene rings is 2. The maximum absolute atomic E-state index is 13.3. The second kappa shape index (κ2) is 9.36. The Balaban J connectivity index is 1.99. The van der Waals surface area contributed by atoms with Crippen molar-refractivity contribution in [1.82, 2.24) is 5.32 Å². The van der Waals surface area contributed by atoms with Gasteiger partial charge in [-0.25, -0.2) is 9.18 Å². The van der Waals surface area contributed by atoms with Crippen LogP contribution in [-0.2, 0) is 9.53 Å². The van der Waals surface area contributed by atoms with Gasteiger partial charge >= 0.3 is 5.97 Å². The maximum atomic E-state index is 13.3. The van der Waals surface area contributed by atoms with Gasteiger partial charge in [-0.15, -0.1) is 0 Å². The molecule has 27 heavy (non-hydrogen) atoms. The molecule has 2 aromatic rings. The highest BCUT2D eigenvalue weighted by Crippen LogP contribution is 2.29. The summed E-state index contributed by atoms with van der Waals surface area (Å²) >= 11 is 3.14. The molecule has 0 spiro atoms. The van der Waals surface area contributed by atoms with Crippen LogP contribution >= 0.6 is 15.9 Å². The molecule has 8 heteroatoms. The summed E-state index contributed by atoms with van der Waals surface area (Å²) in [6.45, 7) is 1.26. The van der Waals surface area contributed by atoms with E-state index in [1.54, 1.807) is 32.2 Å². The number of hydrogen-bond acceptors (Lipinski definition) is 5. The molecule has 0 saturated heterocycles. The summed E-state index contributed by atoms with van der Waals surface area (Å²) in [5.74, 6) is -0.678. The van der Waals surface area contributed by atoms with Crippen LogP contribution in [0.4, 0.5) is 4.39 Å². The molecule has 0 aliphatic heterocycles. The molecule has 2 rings (SSSR count). The Kier molecular flexibility index (Phi) is 7.18. The van der Waals surface area contributed by atoms with E-state index in [0.29, 0.717) is 21.5 Å². The lowest BCUT2D eigenvalue weighted by Crippen LogP contribution is -2.31. The van der Waals surface area contributed by atoms with Crippen LogP contribution in [-0.4, -0.2) is 32.7 Å². The van der Waals surface area contributed by atoms with Crippen LogP contribution in [0, 0.1) is 5.82 Å². The first-order chi connectivity index (χ1) is 12.8. The SMILES string of the molecule is COc1ccc(OC)c(C(C)NC(=O)COC(=O)c2cc(F)ccc2Br)c1. The van der Waals surface area contributed by atoms with E-state index < -0.39 is 30.3 Å². The van der Waals surface area contributed by atoms with Crippen LogP contribution in [0.3, 0.4) is 0 Å². The van der Waals surface area contributed by atoms with Gasteiger partial charge in [-0.1, -0.05) is 0 Å². The molecule has 0 heterocycles. The molecule has 0 bridgehead atoms. The third kappa shape index (κ3) is 5.43. The van der Waals surface area contributed by atoms with Gasteiger partial charge in [-0.2, -0.15) is 0 Å². The number of esters is 1. The lowest BCUT2D eigenvalue weighted by molar-refractivity contribution is -0.124. The van der Waals surface area contributed by atoms with Crippen molar-refractivity contribution >= 4 is 27.8 Å². The molecular weight excluding hydrogens is 421 g/mol. The normalized spacial score (nSPS) is 11.4. The summed E-state index contributed by atoms with van der Waals surface area (Å²) in [4.78, 5) is 24.1. The number of carbonyl (C=O) groups excluding carboxylic acids is 2. The first kappa shape index (κ1) is 20.7. The van der Waals surface area contributed by atoms with Crippen LogP contribution in [0.1, 0.15) is 28.9 Å². The topological polar surface area (TPSA) is 73.9 Å². The summed E-state index contributed by atoms with van der Waals surface area (Å²) in [6, 6.07) is 8.45. The van der Waals surface area contributed by atoms with Gasteiger partial charge in [0.1, 0.15) is 17.3 Å². The average Bonchev–Trinajstić information content (AvgIpc) is 2.67. The van der Waals surface area contributed by atoms with E-state index in [1.165, 1.54) is 19.2 Å². The monoisotopic (exact) mass is 439 g/mol. The lowest BCUT2D eigenvalue weighted by Gasteiger charge is -2.18. The summed E-state index contributed by atoms with van der Waals surface area (Å²) < 4.78 is 29.1. The van der Waals surface area contributed by atoms with Gasteiger partial charge in [0, 0.05) is 10.0 Å². The van der Waals surface area contributed by atoms with Crippen molar-refractivity contribution in [1.29, 1.82) is 0 Å². The number of amides is 1. The van der Waals surface area contributed by atoms with Gasteiger partial charge in [0.05, 0.1) is 25.8 Å². The van der Waals surface area contributed by atoms with Gasteiger partial charge in [-0.3, -0.25) is 4.79 Å². The van der Waals surface area contributed by atoms with Gasteiger partial charge in [-0.05, 0) is 59.3 Å². The molecule has 6 nitrogen and oxygen atoms in total. The number of nitrogens with one attached hydrogen (secondary N) is 1. The third-order valence-electron chi connectivity index (χ3n) is 3.76. The fourth-order valence-corrected chi connectivity index (χ4v) is 2.81. The first-order valence-corrected chi connectivity index (χ1v) is 8.78. The summed E-state index contributed by atoms with van der Waals surface area (Å²) in [7, 11) is 3.07. The Hall–Kier alpha value is -2.61. The minimum Gasteiger partial charge on any atom is -0.497 e. The second-order valence-corrected chi connectivity index (χ2v) is 6.45. The van der Waals surface area contributed by atoms with Crippen molar-refractivity contribution < 1.29 is 28.2 Å². The van der Waals surface area contributed by atoms with E-state index in [2.05, 4.69) is 21.2 Å². The summed E-state index contributed by atoms with van der Waals surface area (Å²) in [5.41, 5.74) is 0.717. The van der Waals surface area contributed by atoms with Gasteiger partial charge < -0.3 is 19.5 Å². The quantitative estimate of drug-likeness (QED) is 0.666. The second-order valence-electron chi connectivity index (χ2n) is 5.60. The van der Waals surface area contributed by atoms with Crippen LogP contribution in [0.5, 0.6) is 11.5 Å². The Morgan fingerprint density at radius 2 is 1.89 bits per heavy atom. The van der Waals surface area contributed by atoms with E-state index in [9.17, 15) is 14.0 Å². The predicted molar refractivity (Wildman–Crippen MR) is 100 cm³/mol. The predicted octanol–water partition coefficient (Wildman–Crippen LogP) is 3.64.